The molecule has 0 bridgehead atoms. The second kappa shape index (κ2) is 5.52. The standard InChI is InChI=1S/C13H17N3O2S/c1-8-6-16(7-10(8)13(17)18-2)12-9(11(14)19)4-3-5-15-12/h3-5,8,10H,6-7H2,1-2H3,(H2,14,19). The van der Waals surface area contributed by atoms with E-state index in [1.165, 1.54) is 7.11 Å². The molecule has 2 heterocycles. The molecule has 1 saturated heterocycles. The summed E-state index contributed by atoms with van der Waals surface area (Å²) in [5, 5.41) is 0. The van der Waals surface area contributed by atoms with Gasteiger partial charge in [-0.1, -0.05) is 19.1 Å². The molecular weight excluding hydrogens is 262 g/mol. The van der Waals surface area contributed by atoms with E-state index in [-0.39, 0.29) is 17.8 Å². The quantitative estimate of drug-likeness (QED) is 0.656. The summed E-state index contributed by atoms with van der Waals surface area (Å²) in [6.45, 7) is 3.36. The number of aromatic nitrogens is 1. The Morgan fingerprint density at radius 2 is 2.32 bits per heavy atom. The van der Waals surface area contributed by atoms with Crippen LogP contribution in [-0.4, -0.2) is 36.1 Å². The molecule has 2 unspecified atom stereocenters. The second-order valence-electron chi connectivity index (χ2n) is 4.75. The number of nitrogens with zero attached hydrogens (tertiary/aromatic N) is 2. The van der Waals surface area contributed by atoms with Crippen molar-refractivity contribution in [2.45, 2.75) is 6.92 Å². The van der Waals surface area contributed by atoms with Crippen molar-refractivity contribution >= 4 is 29.0 Å². The van der Waals surface area contributed by atoms with E-state index in [2.05, 4.69) is 4.98 Å². The lowest BCUT2D eigenvalue weighted by molar-refractivity contribution is -0.145. The van der Waals surface area contributed by atoms with Crippen molar-refractivity contribution in [3.05, 3.63) is 23.9 Å². The van der Waals surface area contributed by atoms with Crippen LogP contribution in [0.4, 0.5) is 5.82 Å². The van der Waals surface area contributed by atoms with Gasteiger partial charge in [0, 0.05) is 19.3 Å². The summed E-state index contributed by atoms with van der Waals surface area (Å²) in [5.74, 6) is 0.649. The smallest absolute Gasteiger partial charge is 0.310 e. The van der Waals surface area contributed by atoms with E-state index >= 15 is 0 Å². The molecule has 5 nitrogen and oxygen atoms in total. The van der Waals surface area contributed by atoms with Gasteiger partial charge in [-0.3, -0.25) is 4.79 Å². The number of nitrogens with two attached hydrogens (primary N) is 1. The van der Waals surface area contributed by atoms with Gasteiger partial charge >= 0.3 is 5.97 Å². The summed E-state index contributed by atoms with van der Waals surface area (Å²) in [5.41, 5.74) is 6.46. The highest BCUT2D eigenvalue weighted by Gasteiger charge is 2.36. The van der Waals surface area contributed by atoms with E-state index in [4.69, 9.17) is 22.7 Å². The molecule has 2 atom stereocenters. The fraction of sp³-hybridized carbons (Fsp3) is 0.462. The monoisotopic (exact) mass is 279 g/mol. The molecule has 0 aromatic carbocycles. The molecule has 1 fully saturated rings. The summed E-state index contributed by atoms with van der Waals surface area (Å²) in [7, 11) is 1.42. The predicted octanol–water partition coefficient (Wildman–Crippen LogP) is 0.961. The van der Waals surface area contributed by atoms with Crippen LogP contribution in [0.1, 0.15) is 12.5 Å². The molecule has 102 valence electrons. The van der Waals surface area contributed by atoms with Crippen molar-refractivity contribution in [2.24, 2.45) is 17.6 Å². The van der Waals surface area contributed by atoms with Crippen LogP contribution in [0.5, 0.6) is 0 Å². The van der Waals surface area contributed by atoms with Crippen LogP contribution in [0.15, 0.2) is 18.3 Å². The maximum absolute atomic E-state index is 11.7. The molecule has 1 aromatic heterocycles. The zero-order chi connectivity index (χ0) is 14.0. The van der Waals surface area contributed by atoms with E-state index in [9.17, 15) is 4.79 Å². The third-order valence-electron chi connectivity index (χ3n) is 3.47. The van der Waals surface area contributed by atoms with Crippen molar-refractivity contribution in [2.75, 3.05) is 25.1 Å². The Hall–Kier alpha value is -1.69. The van der Waals surface area contributed by atoms with Crippen LogP contribution in [-0.2, 0) is 9.53 Å². The van der Waals surface area contributed by atoms with Crippen molar-refractivity contribution in [1.29, 1.82) is 0 Å². The van der Waals surface area contributed by atoms with E-state index in [1.807, 2.05) is 17.9 Å². The highest BCUT2D eigenvalue weighted by Crippen LogP contribution is 2.29. The molecule has 1 aromatic rings. The molecule has 0 aliphatic carbocycles. The van der Waals surface area contributed by atoms with Crippen LogP contribution < -0.4 is 10.6 Å². The summed E-state index contributed by atoms with van der Waals surface area (Å²) >= 11 is 5.04. The molecule has 0 amide bonds. The van der Waals surface area contributed by atoms with Crippen LogP contribution in [0.2, 0.25) is 0 Å². The first-order chi connectivity index (χ1) is 9.04. The first-order valence-corrected chi connectivity index (χ1v) is 6.53. The van der Waals surface area contributed by atoms with Gasteiger partial charge in [-0.05, 0) is 18.1 Å². The minimum absolute atomic E-state index is 0.133. The molecule has 0 saturated carbocycles. The van der Waals surface area contributed by atoms with Crippen LogP contribution in [0, 0.1) is 11.8 Å². The molecule has 2 rings (SSSR count). The van der Waals surface area contributed by atoms with Crippen LogP contribution >= 0.6 is 12.2 Å². The second-order valence-corrected chi connectivity index (χ2v) is 5.19. The van der Waals surface area contributed by atoms with Crippen molar-refractivity contribution in [3.8, 4) is 0 Å². The number of carbonyl (C=O) groups is 1. The van der Waals surface area contributed by atoms with Gasteiger partial charge < -0.3 is 15.4 Å². The average Bonchev–Trinajstić information content (AvgIpc) is 2.79. The number of anilines is 1. The van der Waals surface area contributed by atoms with Gasteiger partial charge in [-0.2, -0.15) is 0 Å². The first kappa shape index (κ1) is 13.7. The third-order valence-corrected chi connectivity index (χ3v) is 3.69. The predicted molar refractivity (Wildman–Crippen MR) is 77.0 cm³/mol. The van der Waals surface area contributed by atoms with E-state index < -0.39 is 0 Å². The lowest BCUT2D eigenvalue weighted by atomic mass is 9.99. The molecule has 19 heavy (non-hydrogen) atoms. The highest BCUT2D eigenvalue weighted by atomic mass is 32.1. The molecule has 6 heteroatoms. The minimum Gasteiger partial charge on any atom is -0.469 e. The number of ether oxygens (including phenoxy) is 1. The zero-order valence-electron chi connectivity index (χ0n) is 11.0. The van der Waals surface area contributed by atoms with Crippen molar-refractivity contribution < 1.29 is 9.53 Å². The number of hydrogen-bond donors (Lipinski definition) is 1. The Balaban J connectivity index is 2.25. The van der Waals surface area contributed by atoms with E-state index in [0.717, 1.165) is 17.9 Å². The Morgan fingerprint density at radius 3 is 2.95 bits per heavy atom. The van der Waals surface area contributed by atoms with Gasteiger partial charge in [0.1, 0.15) is 10.8 Å². The van der Waals surface area contributed by atoms with Crippen molar-refractivity contribution in [1.82, 2.24) is 4.98 Å². The molecule has 0 radical (unpaired) electrons. The van der Waals surface area contributed by atoms with Gasteiger partial charge in [0.2, 0.25) is 0 Å². The fourth-order valence-corrected chi connectivity index (χ4v) is 2.60. The maximum atomic E-state index is 11.7. The summed E-state index contributed by atoms with van der Waals surface area (Å²) in [6, 6.07) is 3.65. The number of hydrogen-bond acceptors (Lipinski definition) is 5. The number of pyridine rings is 1. The first-order valence-electron chi connectivity index (χ1n) is 6.12. The number of thiocarbonyl (C=S) groups is 1. The van der Waals surface area contributed by atoms with E-state index in [0.29, 0.717) is 11.5 Å². The van der Waals surface area contributed by atoms with Gasteiger partial charge in [0.05, 0.1) is 18.6 Å². The van der Waals surface area contributed by atoms with Gasteiger partial charge in [0.25, 0.3) is 0 Å². The summed E-state index contributed by atoms with van der Waals surface area (Å²) in [4.78, 5) is 18.4. The topological polar surface area (TPSA) is 68.5 Å². The lowest BCUT2D eigenvalue weighted by Crippen LogP contribution is -2.27. The summed E-state index contributed by atoms with van der Waals surface area (Å²) < 4.78 is 4.83. The lowest BCUT2D eigenvalue weighted by Gasteiger charge is -2.19. The minimum atomic E-state index is -0.178. The maximum Gasteiger partial charge on any atom is 0.310 e. The number of esters is 1. The Kier molecular flexibility index (Phi) is 3.99. The van der Waals surface area contributed by atoms with Gasteiger partial charge in [-0.25, -0.2) is 4.98 Å². The number of rotatable bonds is 3. The molecule has 1 aliphatic heterocycles. The highest BCUT2D eigenvalue weighted by molar-refractivity contribution is 7.80. The zero-order valence-corrected chi connectivity index (χ0v) is 11.8. The average molecular weight is 279 g/mol. The van der Waals surface area contributed by atoms with E-state index in [1.54, 1.807) is 12.3 Å². The molecule has 0 spiro atoms. The van der Waals surface area contributed by atoms with Crippen LogP contribution in [0.3, 0.4) is 0 Å². The summed E-state index contributed by atoms with van der Waals surface area (Å²) in [6.07, 6.45) is 1.70. The largest absolute Gasteiger partial charge is 0.469 e. The normalized spacial score (nSPS) is 22.3. The Morgan fingerprint density at radius 1 is 1.58 bits per heavy atom. The third kappa shape index (κ3) is 2.68. The van der Waals surface area contributed by atoms with Gasteiger partial charge in [0.15, 0.2) is 0 Å². The van der Waals surface area contributed by atoms with Gasteiger partial charge in [-0.15, -0.1) is 0 Å². The number of carbonyl (C=O) groups excluding carboxylic acids is 1. The molecule has 1 aliphatic rings. The SMILES string of the molecule is COC(=O)C1CN(c2ncccc2C(N)=S)CC1C. The molecule has 2 N–H and O–H groups in total. The number of methoxy groups -OCH3 is 1. The molecular formula is C13H17N3O2S. The fourth-order valence-electron chi connectivity index (χ4n) is 2.44. The Bertz CT molecular complexity index is 506. The van der Waals surface area contributed by atoms with Crippen molar-refractivity contribution in [3.63, 3.8) is 0 Å². The van der Waals surface area contributed by atoms with Crippen LogP contribution in [0.25, 0.3) is 0 Å². The Labute approximate surface area is 117 Å².